The van der Waals surface area contributed by atoms with Gasteiger partial charge in [-0.2, -0.15) is 4.57 Å². The molecule has 3 aromatic rings. The first-order valence-corrected chi connectivity index (χ1v) is 9.50. The molecule has 0 saturated carbocycles. The molecule has 0 N–H and O–H groups in total. The van der Waals surface area contributed by atoms with Crippen molar-refractivity contribution in [1.82, 2.24) is 0 Å². The predicted molar refractivity (Wildman–Crippen MR) is 109 cm³/mol. The lowest BCUT2D eigenvalue weighted by atomic mass is 9.95. The molecule has 0 amide bonds. The first-order chi connectivity index (χ1) is 14.0. The molecule has 0 saturated heterocycles. The lowest BCUT2D eigenvalue weighted by Crippen LogP contribution is -3.00. The van der Waals surface area contributed by atoms with Crippen LogP contribution in [-0.2, 0) is 17.8 Å². The van der Waals surface area contributed by atoms with Gasteiger partial charge in [0.1, 0.15) is 5.78 Å². The summed E-state index contributed by atoms with van der Waals surface area (Å²) in [5.74, 6) is 3.35. The highest BCUT2D eigenvalue weighted by atomic mass is 35.5. The number of fused-ring (bicyclic) bond motifs is 5. The molecule has 6 nitrogen and oxygen atoms in total. The zero-order chi connectivity index (χ0) is 20.5. The van der Waals surface area contributed by atoms with Gasteiger partial charge in [-0.1, -0.05) is 0 Å². The molecule has 7 heteroatoms. The average Bonchev–Trinajstić information content (AvgIpc) is 3.16. The largest absolute Gasteiger partial charge is 1.00 e. The van der Waals surface area contributed by atoms with Gasteiger partial charge in [-0.15, -0.1) is 0 Å². The molecule has 2 aliphatic rings. The molecule has 5 rings (SSSR count). The topological polar surface area (TPSA) is 57.9 Å². The molecule has 158 valence electrons. The van der Waals surface area contributed by atoms with E-state index in [1.165, 1.54) is 30.7 Å². The summed E-state index contributed by atoms with van der Waals surface area (Å²) in [5, 5.41) is 2.17. The van der Waals surface area contributed by atoms with E-state index in [1.54, 1.807) is 14.2 Å². The zero-order valence-electron chi connectivity index (χ0n) is 17.5. The summed E-state index contributed by atoms with van der Waals surface area (Å²) in [5.41, 5.74) is 3.68. The number of hydrogen-bond acceptors (Lipinski definition) is 5. The summed E-state index contributed by atoms with van der Waals surface area (Å²) in [6, 6.07) is 10.4. The molecule has 0 spiro atoms. The van der Waals surface area contributed by atoms with Gasteiger partial charge in [0.2, 0.25) is 12.5 Å². The van der Waals surface area contributed by atoms with Crippen LogP contribution in [0.4, 0.5) is 0 Å². The number of aromatic nitrogens is 1. The molecule has 0 unspecified atom stereocenters. The third-order valence-electron chi connectivity index (χ3n) is 5.00. The number of pyridine rings is 1. The highest BCUT2D eigenvalue weighted by Crippen LogP contribution is 2.41. The molecule has 0 atom stereocenters. The Balaban J connectivity index is 0.000000473. The average molecular weight is 430 g/mol. The van der Waals surface area contributed by atoms with Crippen LogP contribution >= 0.6 is 0 Å². The number of ketones is 1. The number of carbonyl (C=O) groups is 1. The first-order valence-electron chi connectivity index (χ1n) is 9.50. The third-order valence-corrected chi connectivity index (χ3v) is 5.00. The minimum absolute atomic E-state index is 0. The standard InChI is InChI=1S/C20H18NO4.C3H6O.ClH/c1-22-17-4-3-12-7-16-14-9-19-18(24-11-25-19)8-13(14)5-6-21(16)10-15(12)20(17)23-2;1-3(2)4;/h3-4,7-10H,5-6,11H2,1-2H3;1-2H3;1H/q+1;;/p-1. The molecular weight excluding hydrogens is 406 g/mol. The molecule has 0 radical (unpaired) electrons. The van der Waals surface area contributed by atoms with Crippen LogP contribution in [0.2, 0.25) is 0 Å². The van der Waals surface area contributed by atoms with Crippen molar-refractivity contribution in [2.45, 2.75) is 26.8 Å². The van der Waals surface area contributed by atoms with E-state index in [1.807, 2.05) is 6.07 Å². The van der Waals surface area contributed by atoms with E-state index in [4.69, 9.17) is 18.9 Å². The smallest absolute Gasteiger partial charge is 0.231 e. The van der Waals surface area contributed by atoms with Crippen molar-refractivity contribution in [1.29, 1.82) is 0 Å². The quantitative estimate of drug-likeness (QED) is 0.561. The van der Waals surface area contributed by atoms with Crippen LogP contribution in [0.25, 0.3) is 22.0 Å². The molecule has 2 aliphatic heterocycles. The molecule has 30 heavy (non-hydrogen) atoms. The second-order valence-electron chi connectivity index (χ2n) is 7.18. The summed E-state index contributed by atoms with van der Waals surface area (Å²) in [4.78, 5) is 9.44. The van der Waals surface area contributed by atoms with Crippen molar-refractivity contribution in [3.8, 4) is 34.3 Å². The minimum Gasteiger partial charge on any atom is -1.00 e. The van der Waals surface area contributed by atoms with E-state index < -0.39 is 0 Å². The highest BCUT2D eigenvalue weighted by Gasteiger charge is 2.28. The predicted octanol–water partition coefficient (Wildman–Crippen LogP) is 0.696. The normalized spacial score (nSPS) is 12.7. The number of rotatable bonds is 2. The van der Waals surface area contributed by atoms with Gasteiger partial charge in [-0.3, -0.25) is 0 Å². The molecule has 2 aromatic carbocycles. The van der Waals surface area contributed by atoms with Crippen LogP contribution in [0.5, 0.6) is 23.0 Å². The van der Waals surface area contributed by atoms with E-state index in [2.05, 4.69) is 35.0 Å². The summed E-state index contributed by atoms with van der Waals surface area (Å²) in [6.07, 6.45) is 3.11. The van der Waals surface area contributed by atoms with E-state index in [-0.39, 0.29) is 18.2 Å². The van der Waals surface area contributed by atoms with Gasteiger partial charge < -0.3 is 36.1 Å². The van der Waals surface area contributed by atoms with Gasteiger partial charge in [0.25, 0.3) is 0 Å². The number of Topliss-reactive ketones (excluding diaryl/α,β-unsaturated/α-hetero) is 1. The van der Waals surface area contributed by atoms with Gasteiger partial charge in [0.05, 0.1) is 25.2 Å². The second kappa shape index (κ2) is 8.79. The fourth-order valence-corrected chi connectivity index (χ4v) is 3.77. The van der Waals surface area contributed by atoms with Gasteiger partial charge in [0.15, 0.2) is 35.7 Å². The summed E-state index contributed by atoms with van der Waals surface area (Å²) in [7, 11) is 3.34. The van der Waals surface area contributed by atoms with Crippen molar-refractivity contribution < 1.29 is 40.7 Å². The van der Waals surface area contributed by atoms with E-state index in [9.17, 15) is 4.79 Å². The number of hydrogen-bond donors (Lipinski definition) is 0. The summed E-state index contributed by atoms with van der Waals surface area (Å²) >= 11 is 0. The van der Waals surface area contributed by atoms with Crippen LogP contribution in [0.1, 0.15) is 19.4 Å². The van der Waals surface area contributed by atoms with E-state index in [0.717, 1.165) is 46.7 Å². The Morgan fingerprint density at radius 2 is 1.73 bits per heavy atom. The molecule has 0 aliphatic carbocycles. The van der Waals surface area contributed by atoms with Gasteiger partial charge in [-0.25, -0.2) is 0 Å². The Labute approximate surface area is 181 Å². The summed E-state index contributed by atoms with van der Waals surface area (Å²) < 4.78 is 24.4. The number of aryl methyl sites for hydroxylation is 2. The fourth-order valence-electron chi connectivity index (χ4n) is 3.77. The van der Waals surface area contributed by atoms with Crippen LogP contribution in [0.3, 0.4) is 0 Å². The van der Waals surface area contributed by atoms with Crippen LogP contribution in [-0.4, -0.2) is 26.8 Å². The SMILES string of the molecule is CC(C)=O.COc1ccc2cc3[n+](cc2c1OC)CCc1cc2c(cc1-3)OCO2.[Cl-]. The monoisotopic (exact) mass is 429 g/mol. The van der Waals surface area contributed by atoms with Gasteiger partial charge in [-0.05, 0) is 49.1 Å². The Hall–Kier alpha value is -2.99. The maximum Gasteiger partial charge on any atom is 0.231 e. The number of halogens is 1. The van der Waals surface area contributed by atoms with Crippen molar-refractivity contribution in [3.63, 3.8) is 0 Å². The lowest BCUT2D eigenvalue weighted by Gasteiger charge is -2.17. The van der Waals surface area contributed by atoms with Crippen LogP contribution < -0.4 is 35.9 Å². The fraction of sp³-hybridized carbons (Fsp3) is 0.304. The second-order valence-corrected chi connectivity index (χ2v) is 7.18. The molecule has 0 fully saturated rings. The van der Waals surface area contributed by atoms with E-state index >= 15 is 0 Å². The van der Waals surface area contributed by atoms with Crippen LogP contribution in [0, 0.1) is 0 Å². The van der Waals surface area contributed by atoms with E-state index in [0.29, 0.717) is 6.79 Å². The number of carbonyl (C=O) groups excluding carboxylic acids is 1. The van der Waals surface area contributed by atoms with Crippen molar-refractivity contribution in [2.24, 2.45) is 0 Å². The number of methoxy groups -OCH3 is 2. The van der Waals surface area contributed by atoms with Gasteiger partial charge in [0, 0.05) is 12.5 Å². The Bertz CT molecular complexity index is 1110. The number of nitrogens with zero attached hydrogens (tertiary/aromatic N) is 1. The van der Waals surface area contributed by atoms with Crippen molar-refractivity contribution in [3.05, 3.63) is 42.1 Å². The Morgan fingerprint density at radius 3 is 2.40 bits per heavy atom. The zero-order valence-corrected chi connectivity index (χ0v) is 18.2. The van der Waals surface area contributed by atoms with Crippen molar-refractivity contribution in [2.75, 3.05) is 21.0 Å². The first kappa shape index (κ1) is 21.7. The van der Waals surface area contributed by atoms with Gasteiger partial charge >= 0.3 is 0 Å². The third kappa shape index (κ3) is 3.87. The van der Waals surface area contributed by atoms with Crippen molar-refractivity contribution >= 4 is 16.6 Å². The molecular formula is C23H24ClNO5. The Morgan fingerprint density at radius 1 is 1.03 bits per heavy atom. The lowest BCUT2D eigenvalue weighted by molar-refractivity contribution is -0.686. The summed E-state index contributed by atoms with van der Waals surface area (Å²) in [6.45, 7) is 4.27. The number of benzene rings is 2. The molecule has 3 heterocycles. The maximum atomic E-state index is 9.44. The molecule has 0 bridgehead atoms. The highest BCUT2D eigenvalue weighted by molar-refractivity contribution is 5.91. The Kier molecular flexibility index (Phi) is 6.37. The number of ether oxygens (including phenoxy) is 4. The molecule has 1 aromatic heterocycles. The minimum atomic E-state index is 0. The maximum absolute atomic E-state index is 9.44. The van der Waals surface area contributed by atoms with Crippen LogP contribution in [0.15, 0.2) is 36.5 Å².